The molecule has 1 saturated heterocycles. The van der Waals surface area contributed by atoms with Crippen molar-refractivity contribution in [3.05, 3.63) is 83.6 Å². The third kappa shape index (κ3) is 5.63. The predicted molar refractivity (Wildman–Crippen MR) is 126 cm³/mol. The molecule has 2 aromatic carbocycles. The number of anilines is 2. The van der Waals surface area contributed by atoms with Gasteiger partial charge in [0.1, 0.15) is 5.82 Å². The minimum absolute atomic E-state index is 0.164. The van der Waals surface area contributed by atoms with Crippen LogP contribution in [0.25, 0.3) is 0 Å². The molecule has 1 aliphatic rings. The van der Waals surface area contributed by atoms with Gasteiger partial charge >= 0.3 is 6.18 Å². The van der Waals surface area contributed by atoms with Crippen LogP contribution in [0.5, 0.6) is 0 Å². The number of benzene rings is 2. The lowest BCUT2D eigenvalue weighted by Gasteiger charge is -2.34. The molecule has 7 nitrogen and oxygen atoms in total. The Morgan fingerprint density at radius 1 is 0.914 bits per heavy atom. The molecule has 4 rings (SSSR count). The molecule has 0 unspecified atom stereocenters. The Hall–Kier alpha value is -3.44. The molecule has 1 fully saturated rings. The summed E-state index contributed by atoms with van der Waals surface area (Å²) >= 11 is 0. The molecule has 35 heavy (non-hydrogen) atoms. The standard InChI is InChI=1S/C24H23F3N4O3S/c1-17-2-4-18(5-3-17)23(32)29-20-8-11-22(28-16-20)30-12-14-31(15-13-30)35(33,34)21-9-6-19(7-10-21)24(25,26)27/h2-11,16H,12-15H2,1H3,(H,29,32). The number of alkyl halides is 3. The quantitative estimate of drug-likeness (QED) is 0.564. The first-order valence-corrected chi connectivity index (χ1v) is 12.2. The van der Waals surface area contributed by atoms with Gasteiger partial charge in [-0.2, -0.15) is 17.5 Å². The zero-order valence-corrected chi connectivity index (χ0v) is 19.6. The molecule has 1 aromatic heterocycles. The Morgan fingerprint density at radius 3 is 2.09 bits per heavy atom. The van der Waals surface area contributed by atoms with Crippen molar-refractivity contribution >= 4 is 27.4 Å². The second kappa shape index (κ2) is 9.67. The van der Waals surface area contributed by atoms with E-state index in [2.05, 4.69) is 10.3 Å². The van der Waals surface area contributed by atoms with Crippen molar-refractivity contribution in [3.8, 4) is 0 Å². The lowest BCUT2D eigenvalue weighted by atomic mass is 10.1. The van der Waals surface area contributed by atoms with Crippen molar-refractivity contribution in [2.45, 2.75) is 18.0 Å². The number of sulfonamides is 1. The van der Waals surface area contributed by atoms with Crippen LogP contribution < -0.4 is 10.2 Å². The third-order valence-corrected chi connectivity index (χ3v) is 7.61. The molecule has 0 aliphatic carbocycles. The average Bonchev–Trinajstić information content (AvgIpc) is 2.84. The van der Waals surface area contributed by atoms with Gasteiger partial charge in [0.25, 0.3) is 5.91 Å². The van der Waals surface area contributed by atoms with E-state index < -0.39 is 21.8 Å². The average molecular weight is 505 g/mol. The summed E-state index contributed by atoms with van der Waals surface area (Å²) in [4.78, 5) is 18.5. The normalized spacial score (nSPS) is 15.1. The van der Waals surface area contributed by atoms with Gasteiger partial charge in [-0.1, -0.05) is 17.7 Å². The SMILES string of the molecule is Cc1ccc(C(=O)Nc2ccc(N3CCN(S(=O)(=O)c4ccc(C(F)(F)F)cc4)CC3)nc2)cc1. The maximum atomic E-state index is 12.8. The number of hydrogen-bond acceptors (Lipinski definition) is 5. The molecule has 0 radical (unpaired) electrons. The van der Waals surface area contributed by atoms with Crippen LogP contribution in [-0.4, -0.2) is 49.8 Å². The number of carbonyl (C=O) groups excluding carboxylic acids is 1. The number of hydrogen-bond donors (Lipinski definition) is 1. The van der Waals surface area contributed by atoms with Crippen LogP contribution in [0.2, 0.25) is 0 Å². The largest absolute Gasteiger partial charge is 0.416 e. The molecule has 1 N–H and O–H groups in total. The molecule has 0 atom stereocenters. The number of piperazine rings is 1. The van der Waals surface area contributed by atoms with E-state index in [1.54, 1.807) is 24.3 Å². The zero-order valence-electron chi connectivity index (χ0n) is 18.8. The highest BCUT2D eigenvalue weighted by atomic mass is 32.2. The van der Waals surface area contributed by atoms with Gasteiger partial charge in [0.2, 0.25) is 10.0 Å². The Bertz CT molecular complexity index is 1290. The molecule has 0 spiro atoms. The van der Waals surface area contributed by atoms with E-state index in [9.17, 15) is 26.4 Å². The second-order valence-corrected chi connectivity index (χ2v) is 10.1. The first-order chi connectivity index (χ1) is 16.5. The summed E-state index contributed by atoms with van der Waals surface area (Å²) in [6.45, 7) is 2.99. The fraction of sp³-hybridized carbons (Fsp3) is 0.250. The van der Waals surface area contributed by atoms with E-state index in [0.29, 0.717) is 30.2 Å². The minimum Gasteiger partial charge on any atom is -0.354 e. The maximum Gasteiger partial charge on any atom is 0.416 e. The summed E-state index contributed by atoms with van der Waals surface area (Å²) < 4.78 is 65.2. The highest BCUT2D eigenvalue weighted by molar-refractivity contribution is 7.89. The zero-order chi connectivity index (χ0) is 25.2. The number of aryl methyl sites for hydroxylation is 1. The van der Waals surface area contributed by atoms with Crippen LogP contribution in [0.3, 0.4) is 0 Å². The van der Waals surface area contributed by atoms with Crippen molar-refractivity contribution < 1.29 is 26.4 Å². The Morgan fingerprint density at radius 2 is 1.54 bits per heavy atom. The molecule has 0 saturated carbocycles. The van der Waals surface area contributed by atoms with Gasteiger partial charge in [-0.05, 0) is 55.5 Å². The molecule has 3 aromatic rings. The molecule has 0 bridgehead atoms. The number of aromatic nitrogens is 1. The molecular formula is C24H23F3N4O3S. The van der Waals surface area contributed by atoms with Crippen LogP contribution in [0.15, 0.2) is 71.8 Å². The van der Waals surface area contributed by atoms with E-state index >= 15 is 0 Å². The highest BCUT2D eigenvalue weighted by Gasteiger charge is 2.32. The highest BCUT2D eigenvalue weighted by Crippen LogP contribution is 2.30. The Balaban J connectivity index is 1.36. The van der Waals surface area contributed by atoms with E-state index in [4.69, 9.17) is 0 Å². The van der Waals surface area contributed by atoms with Gasteiger partial charge in [0.15, 0.2) is 0 Å². The summed E-state index contributed by atoms with van der Waals surface area (Å²) in [7, 11) is -3.91. The van der Waals surface area contributed by atoms with Crippen molar-refractivity contribution in [2.24, 2.45) is 0 Å². The summed E-state index contributed by atoms with van der Waals surface area (Å²) in [5.74, 6) is 0.381. The molecule has 1 aliphatic heterocycles. The van der Waals surface area contributed by atoms with Crippen LogP contribution in [0.1, 0.15) is 21.5 Å². The number of carbonyl (C=O) groups is 1. The van der Waals surface area contributed by atoms with Gasteiger partial charge in [-0.15, -0.1) is 0 Å². The van der Waals surface area contributed by atoms with Crippen molar-refractivity contribution in [1.29, 1.82) is 0 Å². The van der Waals surface area contributed by atoms with Crippen molar-refractivity contribution in [2.75, 3.05) is 36.4 Å². The van der Waals surface area contributed by atoms with Crippen LogP contribution in [0, 0.1) is 6.92 Å². The molecular weight excluding hydrogens is 481 g/mol. The molecule has 1 amide bonds. The lowest BCUT2D eigenvalue weighted by molar-refractivity contribution is -0.137. The third-order valence-electron chi connectivity index (χ3n) is 5.70. The predicted octanol–water partition coefficient (Wildman–Crippen LogP) is 4.17. The summed E-state index contributed by atoms with van der Waals surface area (Å²) in [5.41, 5.74) is 1.22. The Labute approximate surface area is 201 Å². The van der Waals surface area contributed by atoms with E-state index in [0.717, 1.165) is 29.8 Å². The molecule has 184 valence electrons. The van der Waals surface area contributed by atoms with E-state index in [1.165, 1.54) is 10.5 Å². The van der Waals surface area contributed by atoms with E-state index in [-0.39, 0.29) is 23.9 Å². The van der Waals surface area contributed by atoms with Gasteiger partial charge in [0, 0.05) is 31.7 Å². The number of nitrogens with zero attached hydrogens (tertiary/aromatic N) is 3. The number of pyridine rings is 1. The second-order valence-electron chi connectivity index (χ2n) is 8.14. The number of nitrogens with one attached hydrogen (secondary N) is 1. The summed E-state index contributed by atoms with van der Waals surface area (Å²) in [6.07, 6.45) is -2.99. The van der Waals surface area contributed by atoms with Crippen molar-refractivity contribution in [3.63, 3.8) is 0 Å². The lowest BCUT2D eigenvalue weighted by Crippen LogP contribution is -2.48. The topological polar surface area (TPSA) is 82.6 Å². The Kier molecular flexibility index (Phi) is 6.82. The fourth-order valence-electron chi connectivity index (χ4n) is 3.68. The summed E-state index contributed by atoms with van der Waals surface area (Å²) in [6, 6.07) is 14.2. The van der Waals surface area contributed by atoms with Gasteiger partial charge in [-0.3, -0.25) is 4.79 Å². The summed E-state index contributed by atoms with van der Waals surface area (Å²) in [5, 5.41) is 2.79. The number of halogens is 3. The van der Waals surface area contributed by atoms with Gasteiger partial charge in [-0.25, -0.2) is 13.4 Å². The smallest absolute Gasteiger partial charge is 0.354 e. The van der Waals surface area contributed by atoms with Gasteiger partial charge in [0.05, 0.1) is 22.3 Å². The number of rotatable bonds is 5. The van der Waals surface area contributed by atoms with Gasteiger partial charge < -0.3 is 10.2 Å². The number of amides is 1. The maximum absolute atomic E-state index is 12.8. The monoisotopic (exact) mass is 504 g/mol. The van der Waals surface area contributed by atoms with Crippen LogP contribution in [-0.2, 0) is 16.2 Å². The van der Waals surface area contributed by atoms with Crippen LogP contribution in [0.4, 0.5) is 24.7 Å². The first kappa shape index (κ1) is 24.7. The van der Waals surface area contributed by atoms with Crippen molar-refractivity contribution in [1.82, 2.24) is 9.29 Å². The molecule has 11 heteroatoms. The minimum atomic E-state index is -4.53. The first-order valence-electron chi connectivity index (χ1n) is 10.8. The van der Waals surface area contributed by atoms with Crippen LogP contribution >= 0.6 is 0 Å². The molecule has 2 heterocycles. The van der Waals surface area contributed by atoms with E-state index in [1.807, 2.05) is 24.0 Å². The fourth-order valence-corrected chi connectivity index (χ4v) is 5.10.